The number of rotatable bonds is 4. The first-order chi connectivity index (χ1) is 12.5. The predicted octanol–water partition coefficient (Wildman–Crippen LogP) is 0.996. The van der Waals surface area contributed by atoms with Gasteiger partial charge >= 0.3 is 0 Å². The van der Waals surface area contributed by atoms with Crippen molar-refractivity contribution in [3.8, 4) is 0 Å². The van der Waals surface area contributed by atoms with E-state index < -0.39 is 23.1 Å². The molecule has 1 aromatic heterocycles. The highest BCUT2D eigenvalue weighted by Gasteiger charge is 2.38. The van der Waals surface area contributed by atoms with E-state index in [0.717, 1.165) is 5.01 Å². The molecule has 1 aliphatic rings. The topological polar surface area (TPSA) is 135 Å². The minimum Gasteiger partial charge on any atom is -0.595 e. The van der Waals surface area contributed by atoms with Crippen LogP contribution in [0.1, 0.15) is 17.3 Å². The number of azo groups is 1. The van der Waals surface area contributed by atoms with E-state index in [0.29, 0.717) is 11.4 Å². The first-order valence-electron chi connectivity index (χ1n) is 7.55. The number of carbonyl (C=O) groups excluding carboxylic acids is 2. The summed E-state index contributed by atoms with van der Waals surface area (Å²) < 4.78 is 0. The van der Waals surface area contributed by atoms with E-state index >= 15 is 0 Å². The molecule has 26 heavy (non-hydrogen) atoms. The van der Waals surface area contributed by atoms with Gasteiger partial charge in [0.2, 0.25) is 0 Å². The van der Waals surface area contributed by atoms with Gasteiger partial charge in [0.1, 0.15) is 0 Å². The normalized spacial score (nSPS) is 18.3. The van der Waals surface area contributed by atoms with E-state index in [-0.39, 0.29) is 11.3 Å². The number of hydrogen-bond donors (Lipinski definition) is 2. The van der Waals surface area contributed by atoms with Crippen LogP contribution in [0.2, 0.25) is 0 Å². The second-order valence-corrected chi connectivity index (χ2v) is 5.41. The first kappa shape index (κ1) is 17.5. The highest BCUT2D eigenvalue weighted by molar-refractivity contribution is 6.18. The van der Waals surface area contributed by atoms with E-state index in [1.165, 1.54) is 42.7 Å². The molecule has 0 fully saturated rings. The molecule has 2 N–H and O–H groups in total. The number of aromatic nitrogens is 1. The highest BCUT2D eigenvalue weighted by atomic mass is 16.8. The van der Waals surface area contributed by atoms with E-state index in [9.17, 15) is 14.8 Å². The Hall–Kier alpha value is -3.34. The van der Waals surface area contributed by atoms with E-state index in [1.807, 2.05) is 0 Å². The van der Waals surface area contributed by atoms with Gasteiger partial charge in [-0.1, -0.05) is 0 Å². The number of imide groups is 1. The van der Waals surface area contributed by atoms with Crippen molar-refractivity contribution >= 4 is 28.9 Å². The molecule has 2 aromatic rings. The fourth-order valence-electron chi connectivity index (χ4n) is 2.24. The number of hydrazone groups is 1. The maximum absolute atomic E-state index is 12.4. The van der Waals surface area contributed by atoms with Crippen LogP contribution in [0.4, 0.5) is 11.4 Å². The van der Waals surface area contributed by atoms with Crippen LogP contribution in [0.3, 0.4) is 0 Å². The van der Waals surface area contributed by atoms with Gasteiger partial charge in [0, 0.05) is 24.5 Å². The largest absolute Gasteiger partial charge is 0.595 e. The van der Waals surface area contributed by atoms with Crippen LogP contribution in [-0.4, -0.2) is 38.8 Å². The molecule has 0 saturated carbocycles. The number of carbonyl (C=O) groups is 2. The molecular weight excluding hydrogens is 340 g/mol. The Kier molecular flexibility index (Phi) is 4.89. The maximum atomic E-state index is 12.4. The molecule has 0 aliphatic carbocycles. The number of amides is 2. The molecule has 0 saturated heterocycles. The van der Waals surface area contributed by atoms with Crippen LogP contribution in [0.5, 0.6) is 0 Å². The van der Waals surface area contributed by atoms with Crippen molar-refractivity contribution in [3.05, 3.63) is 59.6 Å². The van der Waals surface area contributed by atoms with E-state index in [1.54, 1.807) is 13.0 Å². The van der Waals surface area contributed by atoms with Gasteiger partial charge in [-0.2, -0.15) is 25.6 Å². The molecule has 0 radical (unpaired) electrons. The van der Waals surface area contributed by atoms with Crippen LogP contribution >= 0.6 is 0 Å². The summed E-state index contributed by atoms with van der Waals surface area (Å²) in [5.41, 5.74) is 1.07. The van der Waals surface area contributed by atoms with E-state index in [2.05, 4.69) is 20.3 Å². The summed E-state index contributed by atoms with van der Waals surface area (Å²) in [5, 5.41) is 31.2. The van der Waals surface area contributed by atoms with Crippen molar-refractivity contribution < 1.29 is 20.0 Å². The fourth-order valence-corrected chi connectivity index (χ4v) is 2.24. The van der Waals surface area contributed by atoms with Gasteiger partial charge in [-0.15, -0.1) is 0 Å². The summed E-state index contributed by atoms with van der Waals surface area (Å²) in [5.74, 6) is -1.20. The van der Waals surface area contributed by atoms with Crippen molar-refractivity contribution in [1.82, 2.24) is 9.99 Å². The average molecular weight is 354 g/mol. The van der Waals surface area contributed by atoms with Crippen molar-refractivity contribution in [3.63, 3.8) is 0 Å². The molecule has 132 valence electrons. The lowest BCUT2D eigenvalue weighted by atomic mass is 10.2. The Morgan fingerprint density at radius 2 is 2.04 bits per heavy atom. The third-order valence-electron chi connectivity index (χ3n) is 3.60. The van der Waals surface area contributed by atoms with Gasteiger partial charge in [0.15, 0.2) is 11.7 Å². The molecule has 2 heterocycles. The smallest absolute Gasteiger partial charge is 0.282 e. The Morgan fingerprint density at radius 1 is 1.31 bits per heavy atom. The zero-order valence-electron chi connectivity index (χ0n) is 13.6. The number of benzene rings is 1. The lowest BCUT2D eigenvalue weighted by molar-refractivity contribution is -0.991. The van der Waals surface area contributed by atoms with Gasteiger partial charge in [-0.25, -0.2) is 5.21 Å². The second-order valence-electron chi connectivity index (χ2n) is 5.41. The van der Waals surface area contributed by atoms with Crippen LogP contribution in [0.15, 0.2) is 64.1 Å². The van der Waals surface area contributed by atoms with Crippen LogP contribution < -0.4 is 5.23 Å². The monoisotopic (exact) mass is 354 g/mol. The molecule has 2 unspecified atom stereocenters. The number of nitrogens with zero attached hydrogens (tertiary/aromatic N) is 5. The Morgan fingerprint density at radius 3 is 2.65 bits per heavy atom. The second kappa shape index (κ2) is 7.27. The third kappa shape index (κ3) is 3.52. The van der Waals surface area contributed by atoms with Crippen LogP contribution in [0, 0.1) is 5.21 Å². The molecular formula is C16H14N6O4. The Labute approximate surface area is 147 Å². The standard InChI is InChI=1S/C16H14N6O4/c1-10-14(19-18-12-4-6-13(7-5-12)22(25)26)16(24)21(20-10)15(23)11-3-2-8-17-9-11/h2-9,14,22,25H,1H3. The number of quaternary nitrogens is 1. The molecule has 3 rings (SSSR count). The van der Waals surface area contributed by atoms with Crippen LogP contribution in [0.25, 0.3) is 0 Å². The Balaban J connectivity index is 1.75. The minimum absolute atomic E-state index is 0.117. The van der Waals surface area contributed by atoms with E-state index in [4.69, 9.17) is 5.21 Å². The molecule has 2 atom stereocenters. The van der Waals surface area contributed by atoms with Crippen molar-refractivity contribution in [2.24, 2.45) is 15.3 Å². The van der Waals surface area contributed by atoms with Gasteiger partial charge in [-0.3, -0.25) is 14.6 Å². The average Bonchev–Trinajstić information content (AvgIpc) is 2.94. The molecule has 1 aromatic carbocycles. The number of hydrogen-bond acceptors (Lipinski definition) is 8. The Bertz CT molecular complexity index is 879. The number of pyridine rings is 1. The lowest BCUT2D eigenvalue weighted by Crippen LogP contribution is -2.99. The molecule has 0 bridgehead atoms. The molecule has 1 aliphatic heterocycles. The summed E-state index contributed by atoms with van der Waals surface area (Å²) in [6, 6.07) is 7.82. The first-order valence-corrected chi connectivity index (χ1v) is 7.55. The SMILES string of the molecule is CC1=NN(C(=O)c2cccnc2)C(=O)C1N=Nc1ccc([NH+]([O-])O)cc1. The summed E-state index contributed by atoms with van der Waals surface area (Å²) in [6.45, 7) is 1.58. The predicted molar refractivity (Wildman–Crippen MR) is 89.0 cm³/mol. The number of nitrogens with one attached hydrogen (secondary N) is 1. The molecule has 10 nitrogen and oxygen atoms in total. The molecule has 2 amide bonds. The van der Waals surface area contributed by atoms with Gasteiger partial charge in [0.05, 0.1) is 17.0 Å². The van der Waals surface area contributed by atoms with Crippen molar-refractivity contribution in [2.45, 2.75) is 13.0 Å². The van der Waals surface area contributed by atoms with Gasteiger partial charge in [0.25, 0.3) is 11.8 Å². The lowest BCUT2D eigenvalue weighted by Gasteiger charge is -2.11. The zero-order valence-corrected chi connectivity index (χ0v) is 13.6. The quantitative estimate of drug-likeness (QED) is 0.479. The summed E-state index contributed by atoms with van der Waals surface area (Å²) in [7, 11) is 0. The van der Waals surface area contributed by atoms with Gasteiger partial charge < -0.3 is 5.21 Å². The third-order valence-corrected chi connectivity index (χ3v) is 3.60. The summed E-state index contributed by atoms with van der Waals surface area (Å²) in [6.07, 6.45) is 2.86. The fraction of sp³-hybridized carbons (Fsp3) is 0.125. The zero-order chi connectivity index (χ0) is 18.7. The van der Waals surface area contributed by atoms with Crippen molar-refractivity contribution in [2.75, 3.05) is 0 Å². The summed E-state index contributed by atoms with van der Waals surface area (Å²) in [4.78, 5) is 28.6. The minimum atomic E-state index is -1.05. The highest BCUT2D eigenvalue weighted by Crippen LogP contribution is 2.19. The van der Waals surface area contributed by atoms with Gasteiger partial charge in [-0.05, 0) is 31.2 Å². The summed E-state index contributed by atoms with van der Waals surface area (Å²) >= 11 is 0. The maximum Gasteiger partial charge on any atom is 0.282 e. The molecule has 10 heteroatoms. The van der Waals surface area contributed by atoms with Crippen LogP contribution in [-0.2, 0) is 4.79 Å². The van der Waals surface area contributed by atoms with Crippen molar-refractivity contribution in [1.29, 1.82) is 0 Å². The molecule has 0 spiro atoms.